The third-order valence-corrected chi connectivity index (χ3v) is 4.32. The summed E-state index contributed by atoms with van der Waals surface area (Å²) in [6, 6.07) is 21.1. The van der Waals surface area contributed by atoms with E-state index in [4.69, 9.17) is 15.2 Å². The van der Waals surface area contributed by atoms with Crippen molar-refractivity contribution in [1.29, 1.82) is 0 Å². The van der Waals surface area contributed by atoms with E-state index in [1.807, 2.05) is 54.6 Å². The third-order valence-electron chi connectivity index (χ3n) is 4.32. The van der Waals surface area contributed by atoms with E-state index in [-0.39, 0.29) is 5.95 Å². The monoisotopic (exact) mass is 374 g/mol. The molecule has 0 amide bonds. The van der Waals surface area contributed by atoms with Crippen LogP contribution >= 0.6 is 0 Å². The molecule has 140 valence electrons. The molecule has 0 radical (unpaired) electrons. The Morgan fingerprint density at radius 1 is 1.00 bits per heavy atom. The standard InChI is InChI=1S/C21H18N4O3/c1-27-20-12-18-19(24-25(26)21(22)23-18)11-17(20)15-8-5-9-16(10-15)28-13-14-6-3-2-4-7-14/h2-12H,13H2,1H3,(H2,22,23). The summed E-state index contributed by atoms with van der Waals surface area (Å²) in [6.45, 7) is 0.472. The molecule has 7 heteroatoms. The summed E-state index contributed by atoms with van der Waals surface area (Å²) in [7, 11) is 1.58. The van der Waals surface area contributed by atoms with Gasteiger partial charge in [0.25, 0.3) is 0 Å². The predicted molar refractivity (Wildman–Crippen MR) is 106 cm³/mol. The lowest BCUT2D eigenvalue weighted by Gasteiger charge is -2.12. The lowest BCUT2D eigenvalue weighted by atomic mass is 10.0. The molecule has 3 aromatic carbocycles. The molecule has 0 bridgehead atoms. The van der Waals surface area contributed by atoms with Crippen molar-refractivity contribution in [3.8, 4) is 22.6 Å². The highest BCUT2D eigenvalue weighted by atomic mass is 16.5. The van der Waals surface area contributed by atoms with Crippen LogP contribution in [-0.4, -0.2) is 17.2 Å². The van der Waals surface area contributed by atoms with Gasteiger partial charge in [0.1, 0.15) is 23.6 Å². The molecule has 1 aromatic heterocycles. The van der Waals surface area contributed by atoms with Crippen LogP contribution < -0.4 is 20.1 Å². The number of nitrogen functional groups attached to an aromatic ring is 1. The Balaban J connectivity index is 1.70. The SMILES string of the molecule is COc1cc2nc(N)[n+]([O-])nc2cc1-c1cccc(OCc2ccccc2)c1. The molecule has 2 N–H and O–H groups in total. The fraction of sp³-hybridized carbons (Fsp3) is 0.0952. The smallest absolute Gasteiger partial charge is 0.410 e. The van der Waals surface area contributed by atoms with Gasteiger partial charge in [0.2, 0.25) is 0 Å². The first-order chi connectivity index (χ1) is 13.6. The molecule has 0 saturated heterocycles. The van der Waals surface area contributed by atoms with Crippen LogP contribution in [0.1, 0.15) is 5.56 Å². The largest absolute Gasteiger partial charge is 0.722 e. The lowest BCUT2D eigenvalue weighted by molar-refractivity contribution is -0.654. The Morgan fingerprint density at radius 2 is 1.82 bits per heavy atom. The molecule has 0 aliphatic heterocycles. The van der Waals surface area contributed by atoms with Gasteiger partial charge in [-0.15, -0.1) is 9.94 Å². The Morgan fingerprint density at radius 3 is 2.61 bits per heavy atom. The predicted octanol–water partition coefficient (Wildman–Crippen LogP) is 3.10. The van der Waals surface area contributed by atoms with Gasteiger partial charge in [-0.1, -0.05) is 47.4 Å². The van der Waals surface area contributed by atoms with Crippen LogP contribution in [-0.2, 0) is 6.61 Å². The summed E-state index contributed by atoms with van der Waals surface area (Å²) >= 11 is 0. The van der Waals surface area contributed by atoms with Crippen molar-refractivity contribution in [2.45, 2.75) is 6.61 Å². The second-order valence-electron chi connectivity index (χ2n) is 6.19. The van der Waals surface area contributed by atoms with E-state index in [2.05, 4.69) is 10.1 Å². The minimum Gasteiger partial charge on any atom is -0.722 e. The maximum absolute atomic E-state index is 11.7. The number of hydrogen-bond donors (Lipinski definition) is 1. The number of methoxy groups -OCH3 is 1. The zero-order valence-electron chi connectivity index (χ0n) is 15.2. The van der Waals surface area contributed by atoms with Crippen LogP contribution in [0, 0.1) is 5.21 Å². The van der Waals surface area contributed by atoms with E-state index in [9.17, 15) is 5.21 Å². The van der Waals surface area contributed by atoms with Crippen molar-refractivity contribution in [3.63, 3.8) is 0 Å². The maximum atomic E-state index is 11.7. The highest BCUT2D eigenvalue weighted by molar-refractivity contribution is 5.85. The highest BCUT2D eigenvalue weighted by Gasteiger charge is 2.14. The summed E-state index contributed by atoms with van der Waals surface area (Å²) in [5, 5.41) is 15.6. The summed E-state index contributed by atoms with van der Waals surface area (Å²) in [6.07, 6.45) is 0. The van der Waals surface area contributed by atoms with Gasteiger partial charge in [0.15, 0.2) is 5.52 Å². The molecule has 7 nitrogen and oxygen atoms in total. The number of benzene rings is 3. The van der Waals surface area contributed by atoms with Crippen molar-refractivity contribution in [1.82, 2.24) is 10.1 Å². The Kier molecular flexibility index (Phi) is 4.63. The van der Waals surface area contributed by atoms with Crippen LogP contribution in [0.3, 0.4) is 0 Å². The Labute approximate surface area is 161 Å². The molecule has 0 unspecified atom stereocenters. The van der Waals surface area contributed by atoms with Crippen molar-refractivity contribution in [3.05, 3.63) is 77.5 Å². The van der Waals surface area contributed by atoms with E-state index in [0.717, 1.165) is 22.4 Å². The van der Waals surface area contributed by atoms with E-state index in [0.29, 0.717) is 28.2 Å². The number of fused-ring (bicyclic) bond motifs is 1. The first kappa shape index (κ1) is 17.5. The fourth-order valence-corrected chi connectivity index (χ4v) is 2.93. The van der Waals surface area contributed by atoms with Gasteiger partial charge in [-0.25, -0.2) is 0 Å². The minimum atomic E-state index is -0.210. The molecule has 0 atom stereocenters. The summed E-state index contributed by atoms with van der Waals surface area (Å²) in [5.41, 5.74) is 9.20. The Hall–Kier alpha value is -3.87. The molecule has 0 aliphatic carbocycles. The van der Waals surface area contributed by atoms with Crippen LogP contribution in [0.25, 0.3) is 22.2 Å². The van der Waals surface area contributed by atoms with Gasteiger partial charge in [-0.05, 0) is 29.3 Å². The van der Waals surface area contributed by atoms with Gasteiger partial charge >= 0.3 is 5.95 Å². The minimum absolute atomic E-state index is 0.210. The molecule has 1 heterocycles. The van der Waals surface area contributed by atoms with E-state index in [1.165, 1.54) is 0 Å². The normalized spacial score (nSPS) is 10.8. The molecular formula is C21H18N4O3. The molecule has 0 saturated carbocycles. The van der Waals surface area contributed by atoms with Gasteiger partial charge in [0.05, 0.1) is 7.11 Å². The topological polar surface area (TPSA) is 97.2 Å². The van der Waals surface area contributed by atoms with Crippen molar-refractivity contribution < 1.29 is 14.3 Å². The maximum Gasteiger partial charge on any atom is 0.410 e. The Bertz CT molecular complexity index is 1130. The second-order valence-corrected chi connectivity index (χ2v) is 6.19. The second kappa shape index (κ2) is 7.40. The first-order valence-corrected chi connectivity index (χ1v) is 8.66. The molecule has 0 spiro atoms. The zero-order valence-corrected chi connectivity index (χ0v) is 15.2. The average molecular weight is 374 g/mol. The lowest BCUT2D eigenvalue weighted by Crippen LogP contribution is -2.35. The number of nitrogens with zero attached hydrogens (tertiary/aromatic N) is 3. The number of aromatic nitrogens is 3. The van der Waals surface area contributed by atoms with Gasteiger partial charge < -0.3 is 14.7 Å². The van der Waals surface area contributed by atoms with Crippen molar-refractivity contribution >= 4 is 17.0 Å². The van der Waals surface area contributed by atoms with Crippen molar-refractivity contribution in [2.75, 3.05) is 12.8 Å². The molecular weight excluding hydrogens is 356 g/mol. The van der Waals surface area contributed by atoms with E-state index in [1.54, 1.807) is 19.2 Å². The molecule has 4 aromatic rings. The number of hydrogen-bond acceptors (Lipinski definition) is 6. The third kappa shape index (κ3) is 3.50. The summed E-state index contributed by atoms with van der Waals surface area (Å²) in [4.78, 5) is 4.36. The number of rotatable bonds is 5. The zero-order chi connectivity index (χ0) is 19.5. The first-order valence-electron chi connectivity index (χ1n) is 8.66. The molecule has 0 aliphatic rings. The number of nitrogens with two attached hydrogens (primary N) is 1. The van der Waals surface area contributed by atoms with Crippen LogP contribution in [0.4, 0.5) is 5.95 Å². The average Bonchev–Trinajstić information content (AvgIpc) is 2.73. The fourth-order valence-electron chi connectivity index (χ4n) is 2.93. The van der Waals surface area contributed by atoms with Crippen LogP contribution in [0.5, 0.6) is 11.5 Å². The number of anilines is 1. The van der Waals surface area contributed by atoms with Crippen molar-refractivity contribution in [2.24, 2.45) is 0 Å². The quantitative estimate of drug-likeness (QED) is 0.426. The molecule has 28 heavy (non-hydrogen) atoms. The van der Waals surface area contributed by atoms with E-state index >= 15 is 0 Å². The summed E-state index contributed by atoms with van der Waals surface area (Å²) in [5.74, 6) is 1.12. The van der Waals surface area contributed by atoms with Crippen LogP contribution in [0.15, 0.2) is 66.7 Å². The van der Waals surface area contributed by atoms with Gasteiger partial charge in [-0.3, -0.25) is 5.73 Å². The van der Waals surface area contributed by atoms with Gasteiger partial charge in [-0.2, -0.15) is 0 Å². The summed E-state index contributed by atoms with van der Waals surface area (Å²) < 4.78 is 11.4. The van der Waals surface area contributed by atoms with E-state index < -0.39 is 0 Å². The van der Waals surface area contributed by atoms with Gasteiger partial charge in [0, 0.05) is 11.6 Å². The molecule has 0 fully saturated rings. The number of ether oxygens (including phenoxy) is 2. The molecule has 4 rings (SSSR count). The highest BCUT2D eigenvalue weighted by Crippen LogP contribution is 2.34. The van der Waals surface area contributed by atoms with Crippen LogP contribution in [0.2, 0.25) is 0 Å².